The molecule has 1 saturated heterocycles. The molecule has 12 nitrogen and oxygen atoms in total. The molecule has 0 aromatic carbocycles. The first-order valence-electron chi connectivity index (χ1n) is 12.6. The van der Waals surface area contributed by atoms with Gasteiger partial charge in [-0.25, -0.2) is 9.50 Å². The topological polar surface area (TPSA) is 160 Å². The van der Waals surface area contributed by atoms with Crippen molar-refractivity contribution in [3.63, 3.8) is 0 Å². The fraction of sp³-hybridized carbons (Fsp3) is 0.333. The highest BCUT2D eigenvalue weighted by Gasteiger charge is 2.37. The van der Waals surface area contributed by atoms with E-state index in [1.54, 1.807) is 48.7 Å². The Bertz CT molecular complexity index is 1630. The van der Waals surface area contributed by atoms with Crippen LogP contribution in [0.1, 0.15) is 43.2 Å². The number of fused-ring (bicyclic) bond motifs is 1. The van der Waals surface area contributed by atoms with Crippen molar-refractivity contribution in [1.29, 1.82) is 5.26 Å². The molecule has 0 unspecified atom stereocenters. The van der Waals surface area contributed by atoms with Gasteiger partial charge in [-0.1, -0.05) is 13.8 Å². The molecule has 1 aliphatic heterocycles. The van der Waals surface area contributed by atoms with Crippen LogP contribution in [0.5, 0.6) is 5.88 Å². The van der Waals surface area contributed by atoms with Crippen molar-refractivity contribution >= 4 is 17.2 Å². The Kier molecular flexibility index (Phi) is 6.66. The van der Waals surface area contributed by atoms with Gasteiger partial charge in [0.1, 0.15) is 11.8 Å². The lowest BCUT2D eigenvalue weighted by molar-refractivity contribution is 0.0995. The Hall–Kier alpha value is -4.92. The van der Waals surface area contributed by atoms with E-state index in [0.29, 0.717) is 54.6 Å². The summed E-state index contributed by atoms with van der Waals surface area (Å²) < 4.78 is 6.91. The quantitative estimate of drug-likeness (QED) is 0.362. The fourth-order valence-electron chi connectivity index (χ4n) is 4.93. The predicted molar refractivity (Wildman–Crippen MR) is 142 cm³/mol. The van der Waals surface area contributed by atoms with Gasteiger partial charge < -0.3 is 20.6 Å². The van der Waals surface area contributed by atoms with Gasteiger partial charge in [0.15, 0.2) is 17.0 Å². The molecule has 0 radical (unpaired) electrons. The molecule has 0 bridgehead atoms. The van der Waals surface area contributed by atoms with E-state index in [9.17, 15) is 10.0 Å². The molecule has 0 aliphatic carbocycles. The molecule has 12 heteroatoms. The molecule has 1 amide bonds. The van der Waals surface area contributed by atoms with Gasteiger partial charge in [-0.15, -0.1) is 15.0 Å². The van der Waals surface area contributed by atoms with Crippen molar-refractivity contribution in [2.45, 2.75) is 33.2 Å². The number of nitriles is 1. The Morgan fingerprint density at radius 1 is 1.26 bits per heavy atom. The highest BCUT2D eigenvalue weighted by Crippen LogP contribution is 2.33. The lowest BCUT2D eigenvalue weighted by Crippen LogP contribution is -2.49. The number of nitrogens with two attached hydrogens (primary N) is 1. The molecule has 5 heterocycles. The number of amides is 1. The van der Waals surface area contributed by atoms with Crippen LogP contribution in [0.2, 0.25) is 0 Å². The Labute approximate surface area is 224 Å². The van der Waals surface area contributed by atoms with E-state index >= 15 is 0 Å². The van der Waals surface area contributed by atoms with Crippen molar-refractivity contribution in [1.82, 2.24) is 24.5 Å². The minimum Gasteiger partial charge on any atom is -0.478 e. The minimum atomic E-state index is -0.642. The summed E-state index contributed by atoms with van der Waals surface area (Å²) in [6, 6.07) is 13.9. The highest BCUT2D eigenvalue weighted by atomic mass is 16.5. The molecule has 1 fully saturated rings. The zero-order valence-electron chi connectivity index (χ0n) is 21.9. The fourth-order valence-corrected chi connectivity index (χ4v) is 4.93. The van der Waals surface area contributed by atoms with Gasteiger partial charge in [0, 0.05) is 36.3 Å². The highest BCUT2D eigenvalue weighted by molar-refractivity contribution is 5.92. The molecule has 0 spiro atoms. The zero-order valence-corrected chi connectivity index (χ0v) is 21.9. The first kappa shape index (κ1) is 25.7. The number of rotatable bonds is 6. The number of primary amides is 1. The summed E-state index contributed by atoms with van der Waals surface area (Å²) in [5, 5.41) is 28.4. The van der Waals surface area contributed by atoms with E-state index in [0.717, 1.165) is 4.85 Å². The summed E-state index contributed by atoms with van der Waals surface area (Å²) in [4.78, 5) is 24.8. The smallest absolute Gasteiger partial charge is 0.252 e. The second kappa shape index (κ2) is 10.1. The number of piperidine rings is 1. The van der Waals surface area contributed by atoms with E-state index in [1.165, 1.54) is 4.52 Å². The summed E-state index contributed by atoms with van der Waals surface area (Å²) in [6.45, 7) is 7.83. The number of aromatic nitrogens is 5. The second-order valence-electron chi connectivity index (χ2n) is 10.0. The third-order valence-corrected chi connectivity index (χ3v) is 6.93. The Balaban J connectivity index is 1.55. The number of anilines is 1. The number of nitrogens with zero attached hydrogens (tertiary/aromatic N) is 8. The van der Waals surface area contributed by atoms with Crippen molar-refractivity contribution in [2.75, 3.05) is 24.6 Å². The van der Waals surface area contributed by atoms with Crippen LogP contribution in [0, 0.1) is 16.7 Å². The van der Waals surface area contributed by atoms with Crippen molar-refractivity contribution in [3.05, 3.63) is 65.4 Å². The van der Waals surface area contributed by atoms with Crippen LogP contribution in [0.15, 0.2) is 53.7 Å². The van der Waals surface area contributed by atoms with Gasteiger partial charge >= 0.3 is 0 Å². The van der Waals surface area contributed by atoms with Gasteiger partial charge in [-0.3, -0.25) is 9.79 Å². The van der Waals surface area contributed by atoms with Gasteiger partial charge in [0.2, 0.25) is 5.88 Å². The maximum absolute atomic E-state index is 12.4. The van der Waals surface area contributed by atoms with Gasteiger partial charge in [-0.05, 0) is 49.7 Å². The lowest BCUT2D eigenvalue weighted by atomic mass is 9.79. The molecule has 3 N–H and O–H groups in total. The van der Waals surface area contributed by atoms with E-state index in [-0.39, 0.29) is 28.2 Å². The number of carbonyl (C=O) groups excluding carboxylic acids is 1. The molecule has 5 rings (SSSR count). The summed E-state index contributed by atoms with van der Waals surface area (Å²) in [6.07, 6.45) is 2.27. The van der Waals surface area contributed by atoms with E-state index in [2.05, 4.69) is 33.9 Å². The number of hydrogen-bond acceptors (Lipinski definition) is 9. The van der Waals surface area contributed by atoms with Crippen LogP contribution in [-0.4, -0.2) is 61.4 Å². The first-order chi connectivity index (χ1) is 18.7. The van der Waals surface area contributed by atoms with Crippen LogP contribution < -0.4 is 20.9 Å². The van der Waals surface area contributed by atoms with E-state index in [4.69, 9.17) is 20.7 Å². The summed E-state index contributed by atoms with van der Waals surface area (Å²) in [7, 11) is 0. The summed E-state index contributed by atoms with van der Waals surface area (Å²) in [5.41, 5.74) is 7.91. The molecule has 200 valence electrons. The number of ether oxygens (including phenoxy) is 1. The number of hydrogen-bond donors (Lipinski definition) is 2. The van der Waals surface area contributed by atoms with E-state index < -0.39 is 5.91 Å². The number of pyridine rings is 2. The SMILES string of the molecule is CCOc1ccc(-c2cc3ccc(C(N)=O)c(=N[C@@H]4CCN(c5ccc(C#N)nn5)CC4(C)C)n3n2O)cn1. The third kappa shape index (κ3) is 4.86. The third-order valence-electron chi connectivity index (χ3n) is 6.93. The standard InChI is InChI=1S/C27H29N9O3/c1-4-39-24-10-5-17(15-30-24)21-13-19-7-8-20(25(29)37)26(35(19)36(21)38)31-22-11-12-34(16-27(22,2)3)23-9-6-18(14-28)32-33-23/h5-10,13,15,22,38H,4,11-12,16H2,1-3H3,(H2,29,37)/t22-/m1/s1. The van der Waals surface area contributed by atoms with Crippen LogP contribution in [0.3, 0.4) is 0 Å². The summed E-state index contributed by atoms with van der Waals surface area (Å²) in [5.74, 6) is 0.533. The normalized spacial score (nSPS) is 17.2. The molecule has 4 aromatic heterocycles. The van der Waals surface area contributed by atoms with Crippen molar-refractivity contribution in [3.8, 4) is 23.2 Å². The molecule has 4 aromatic rings. The lowest BCUT2D eigenvalue weighted by Gasteiger charge is -2.42. The average Bonchev–Trinajstić information content (AvgIpc) is 3.26. The maximum Gasteiger partial charge on any atom is 0.252 e. The predicted octanol–water partition coefficient (Wildman–Crippen LogP) is 2.41. The molecule has 39 heavy (non-hydrogen) atoms. The van der Waals surface area contributed by atoms with Gasteiger partial charge in [0.05, 0.1) is 23.7 Å². The molecule has 0 saturated carbocycles. The van der Waals surface area contributed by atoms with E-state index in [1.807, 2.05) is 13.0 Å². The zero-order chi connectivity index (χ0) is 27.7. The average molecular weight is 528 g/mol. The molecule has 1 atom stereocenters. The van der Waals surface area contributed by atoms with Gasteiger partial charge in [-0.2, -0.15) is 5.26 Å². The van der Waals surface area contributed by atoms with Crippen molar-refractivity contribution in [2.24, 2.45) is 16.1 Å². The van der Waals surface area contributed by atoms with Crippen LogP contribution in [-0.2, 0) is 0 Å². The maximum atomic E-state index is 12.4. The van der Waals surface area contributed by atoms with Crippen LogP contribution in [0.25, 0.3) is 16.8 Å². The van der Waals surface area contributed by atoms with Crippen LogP contribution >= 0.6 is 0 Å². The summed E-state index contributed by atoms with van der Waals surface area (Å²) >= 11 is 0. The van der Waals surface area contributed by atoms with Gasteiger partial charge in [0.25, 0.3) is 5.91 Å². The first-order valence-corrected chi connectivity index (χ1v) is 12.6. The number of carbonyl (C=O) groups is 1. The monoisotopic (exact) mass is 527 g/mol. The largest absolute Gasteiger partial charge is 0.478 e. The molecular weight excluding hydrogens is 498 g/mol. The minimum absolute atomic E-state index is 0.193. The molecule has 1 aliphatic rings. The van der Waals surface area contributed by atoms with Crippen molar-refractivity contribution < 1.29 is 14.7 Å². The Morgan fingerprint density at radius 3 is 2.69 bits per heavy atom. The molecular formula is C27H29N9O3. The van der Waals surface area contributed by atoms with Crippen LogP contribution in [0.4, 0.5) is 5.82 Å². The second-order valence-corrected chi connectivity index (χ2v) is 10.0. The Morgan fingerprint density at radius 2 is 2.08 bits per heavy atom.